The number of aliphatic carboxylic acids is 2. The fourth-order valence-corrected chi connectivity index (χ4v) is 4.89. The summed E-state index contributed by atoms with van der Waals surface area (Å²) in [4.78, 5) is 21.1. The molecule has 100 valence electrons. The van der Waals surface area contributed by atoms with Crippen LogP contribution < -0.4 is 17.2 Å². The molecule has 0 aliphatic rings. The van der Waals surface area contributed by atoms with Crippen molar-refractivity contribution in [2.75, 3.05) is 23.8 Å². The molecule has 0 spiro atoms. The Kier molecular flexibility index (Phi) is 8.35. The summed E-state index contributed by atoms with van der Waals surface area (Å²) >= 11 is 0. The van der Waals surface area contributed by atoms with Crippen LogP contribution in [0.25, 0.3) is 0 Å². The van der Waals surface area contributed by atoms with E-state index in [0.717, 1.165) is 0 Å². The van der Waals surface area contributed by atoms with E-state index < -0.39 is 24.0 Å². The molecule has 0 rings (SSSR count). The van der Waals surface area contributed by atoms with Crippen molar-refractivity contribution in [3.05, 3.63) is 0 Å². The molecule has 0 aromatic carbocycles. The van der Waals surface area contributed by atoms with Gasteiger partial charge in [-0.3, -0.25) is 9.59 Å². The summed E-state index contributed by atoms with van der Waals surface area (Å²) in [6.45, 7) is 0.407. The maximum Gasteiger partial charge on any atom is 0.325 e. The molecule has 0 fully saturated rings. The van der Waals surface area contributed by atoms with E-state index in [1.54, 1.807) is 0 Å². The average molecular weight is 284 g/mol. The van der Waals surface area contributed by atoms with E-state index in [4.69, 9.17) is 27.4 Å². The molecule has 0 saturated carbocycles. The molecule has 0 heterocycles. The molecule has 17 heavy (non-hydrogen) atoms. The highest BCUT2D eigenvalue weighted by molar-refractivity contribution is 8.74. The van der Waals surface area contributed by atoms with Crippen LogP contribution in [0.1, 0.15) is 0 Å². The van der Waals surface area contributed by atoms with Gasteiger partial charge in [0.15, 0.2) is 0 Å². The van der Waals surface area contributed by atoms with Crippen LogP contribution in [-0.4, -0.2) is 58.0 Å². The molecule has 7 nitrogen and oxygen atoms in total. The Morgan fingerprint density at radius 1 is 1.18 bits per heavy atom. The lowest BCUT2D eigenvalue weighted by atomic mass is 10.4. The first kappa shape index (κ1) is 16.5. The van der Waals surface area contributed by atoms with Gasteiger partial charge >= 0.3 is 11.9 Å². The second kappa shape index (κ2) is 8.59. The number of hydrogen-bond acceptors (Lipinski definition) is 6. The van der Waals surface area contributed by atoms with E-state index in [1.165, 1.54) is 10.8 Å². The summed E-state index contributed by atoms with van der Waals surface area (Å²) in [7, 11) is 0.957. The van der Waals surface area contributed by atoms with E-state index in [0.29, 0.717) is 12.3 Å². The molecular weight excluding hydrogens is 266 g/mol. The first-order valence-corrected chi connectivity index (χ1v) is 7.92. The number of carbonyl (C=O) groups is 2. The van der Waals surface area contributed by atoms with E-state index >= 15 is 0 Å². The molecule has 0 bridgehead atoms. The zero-order valence-electron chi connectivity index (χ0n) is 9.24. The highest BCUT2D eigenvalue weighted by Gasteiger charge is 2.28. The zero-order valence-corrected chi connectivity index (χ0v) is 10.9. The third kappa shape index (κ3) is 7.45. The first-order chi connectivity index (χ1) is 7.88. The van der Waals surface area contributed by atoms with Crippen LogP contribution in [0.5, 0.6) is 0 Å². The van der Waals surface area contributed by atoms with Crippen LogP contribution in [0.15, 0.2) is 0 Å². The average Bonchev–Trinajstić information content (AvgIpc) is 2.25. The molecule has 1 unspecified atom stereocenters. The van der Waals surface area contributed by atoms with Crippen molar-refractivity contribution in [2.24, 2.45) is 17.2 Å². The Hall–Kier alpha value is -0.480. The maximum atomic E-state index is 10.6. The highest BCUT2D eigenvalue weighted by atomic mass is 33.1. The minimum absolute atomic E-state index is 0.227. The summed E-state index contributed by atoms with van der Waals surface area (Å²) in [5.41, 5.74) is 16.2. The second-order valence-electron chi connectivity index (χ2n) is 3.27. The molecule has 8 N–H and O–H groups in total. The van der Waals surface area contributed by atoms with E-state index in [-0.39, 0.29) is 21.4 Å². The lowest BCUT2D eigenvalue weighted by molar-refractivity contribution is -0.138. The predicted molar refractivity (Wildman–Crippen MR) is 69.8 cm³/mol. The van der Waals surface area contributed by atoms with Gasteiger partial charge in [-0.05, 0) is 0 Å². The molecule has 0 aliphatic carbocycles. The van der Waals surface area contributed by atoms with Gasteiger partial charge in [-0.2, -0.15) is 0 Å². The molecule has 9 heteroatoms. The summed E-state index contributed by atoms with van der Waals surface area (Å²) in [5.74, 6) is -1.02. The molecule has 0 aliphatic heterocycles. The fourth-order valence-electron chi connectivity index (χ4n) is 0.834. The van der Waals surface area contributed by atoms with Gasteiger partial charge < -0.3 is 27.4 Å². The monoisotopic (exact) mass is 284 g/mol. The molecular formula is C8H18N3O4S2+. The van der Waals surface area contributed by atoms with Crippen LogP contribution in [0.4, 0.5) is 0 Å². The third-order valence-electron chi connectivity index (χ3n) is 1.76. The van der Waals surface area contributed by atoms with Crippen molar-refractivity contribution in [2.45, 2.75) is 12.1 Å². The second-order valence-corrected chi connectivity index (χ2v) is 7.58. The molecule has 0 amide bonds. The van der Waals surface area contributed by atoms with Crippen LogP contribution in [-0.2, 0) is 19.5 Å². The fraction of sp³-hybridized carbons (Fsp3) is 0.750. The lowest BCUT2D eigenvalue weighted by Gasteiger charge is -2.10. The Balaban J connectivity index is 4.14. The van der Waals surface area contributed by atoms with Crippen LogP contribution in [0.3, 0.4) is 0 Å². The predicted octanol–water partition coefficient (Wildman–Crippen LogP) is -1.96. The van der Waals surface area contributed by atoms with Gasteiger partial charge in [0.1, 0.15) is 23.6 Å². The quantitative estimate of drug-likeness (QED) is 0.241. The summed E-state index contributed by atoms with van der Waals surface area (Å²) in [6, 6.07) is -1.90. The zero-order chi connectivity index (χ0) is 13.4. The number of rotatable bonds is 9. The van der Waals surface area contributed by atoms with Crippen molar-refractivity contribution in [1.29, 1.82) is 0 Å². The Morgan fingerprint density at radius 2 is 1.71 bits per heavy atom. The van der Waals surface area contributed by atoms with Crippen molar-refractivity contribution >= 4 is 32.7 Å². The largest absolute Gasteiger partial charge is 0.480 e. The van der Waals surface area contributed by atoms with Gasteiger partial charge in [0, 0.05) is 6.54 Å². The molecule has 0 aromatic rings. The smallest absolute Gasteiger partial charge is 0.325 e. The Bertz CT molecular complexity index is 267. The SMILES string of the molecule is NCC[S+](C[C@H](N)C(=O)O)SC[C@H](N)C(=O)O. The van der Waals surface area contributed by atoms with Gasteiger partial charge in [0.25, 0.3) is 0 Å². The normalized spacial score (nSPS) is 16.2. The Labute approximate surface area is 106 Å². The minimum Gasteiger partial charge on any atom is -0.480 e. The van der Waals surface area contributed by atoms with E-state index in [9.17, 15) is 9.59 Å². The molecule has 0 radical (unpaired) electrons. The summed E-state index contributed by atoms with van der Waals surface area (Å²) in [6.07, 6.45) is 0. The lowest BCUT2D eigenvalue weighted by Crippen LogP contribution is -2.39. The van der Waals surface area contributed by atoms with Crippen LogP contribution in [0.2, 0.25) is 0 Å². The first-order valence-electron chi connectivity index (χ1n) is 4.86. The number of carboxylic acid groups (broad SMARTS) is 2. The van der Waals surface area contributed by atoms with Crippen LogP contribution >= 0.6 is 10.8 Å². The van der Waals surface area contributed by atoms with Gasteiger partial charge in [-0.25, -0.2) is 0 Å². The number of carboxylic acids is 2. The van der Waals surface area contributed by atoms with Gasteiger partial charge in [0.05, 0.1) is 26.5 Å². The van der Waals surface area contributed by atoms with Crippen molar-refractivity contribution in [3.63, 3.8) is 0 Å². The third-order valence-corrected chi connectivity index (χ3v) is 6.33. The van der Waals surface area contributed by atoms with Gasteiger partial charge in [-0.15, -0.1) is 0 Å². The maximum absolute atomic E-state index is 10.6. The van der Waals surface area contributed by atoms with Crippen molar-refractivity contribution < 1.29 is 19.8 Å². The van der Waals surface area contributed by atoms with Gasteiger partial charge in [-0.1, -0.05) is 0 Å². The summed E-state index contributed by atoms with van der Waals surface area (Å²) in [5, 5.41) is 17.3. The van der Waals surface area contributed by atoms with E-state index in [1.807, 2.05) is 0 Å². The van der Waals surface area contributed by atoms with Gasteiger partial charge in [0.2, 0.25) is 0 Å². The minimum atomic E-state index is -1.07. The molecule has 0 aromatic heterocycles. The number of nitrogens with two attached hydrogens (primary N) is 3. The standard InChI is InChI=1S/C8H17N3O4S2/c9-1-2-17(4-6(11)8(14)15)16-3-5(10)7(12)13/h5-6H,1-4,9-11H2,(H-,12,13,14,15)/p+1/t5-,6-,17?/m0/s1. The van der Waals surface area contributed by atoms with Crippen molar-refractivity contribution in [3.8, 4) is 0 Å². The summed E-state index contributed by atoms with van der Waals surface area (Å²) < 4.78 is 0. The molecule has 0 saturated heterocycles. The Morgan fingerprint density at radius 3 is 2.12 bits per heavy atom. The van der Waals surface area contributed by atoms with E-state index in [2.05, 4.69) is 0 Å². The van der Waals surface area contributed by atoms with Crippen molar-refractivity contribution in [1.82, 2.24) is 0 Å². The highest BCUT2D eigenvalue weighted by Crippen LogP contribution is 2.18. The topological polar surface area (TPSA) is 153 Å². The number of hydrogen-bond donors (Lipinski definition) is 5. The van der Waals surface area contributed by atoms with Crippen LogP contribution in [0, 0.1) is 0 Å². The molecule has 3 atom stereocenters.